The van der Waals surface area contributed by atoms with Crippen molar-refractivity contribution >= 4 is 39.5 Å². The molecule has 2 rings (SSSR count). The second-order valence-corrected chi connectivity index (χ2v) is 5.80. The Kier molecular flexibility index (Phi) is 6.14. The van der Waals surface area contributed by atoms with Crippen LogP contribution in [0.2, 0.25) is 0 Å². The monoisotopic (exact) mass is 388 g/mol. The number of ether oxygens (including phenoxy) is 1. The molecule has 0 aromatic heterocycles. The van der Waals surface area contributed by atoms with E-state index in [1.807, 2.05) is 25.1 Å². The number of hydrogen-bond acceptors (Lipinski definition) is 3. The van der Waals surface area contributed by atoms with Crippen LogP contribution in [0.1, 0.15) is 22.8 Å². The molecule has 0 radical (unpaired) electrons. The van der Waals surface area contributed by atoms with Crippen LogP contribution >= 0.6 is 15.9 Å². The van der Waals surface area contributed by atoms with Gasteiger partial charge in [0.25, 0.3) is 0 Å². The largest absolute Gasteiger partial charge is 0.493 e. The van der Waals surface area contributed by atoms with Crippen molar-refractivity contribution in [1.29, 1.82) is 0 Å². The summed E-state index contributed by atoms with van der Waals surface area (Å²) in [6, 6.07) is 12.0. The lowest BCUT2D eigenvalue weighted by Gasteiger charge is -2.07. The van der Waals surface area contributed by atoms with Crippen LogP contribution < -0.4 is 15.8 Å². The molecular weight excluding hydrogens is 372 g/mol. The molecule has 0 saturated heterocycles. The maximum Gasteiger partial charge on any atom is 0.248 e. The molecule has 0 aliphatic rings. The van der Waals surface area contributed by atoms with Gasteiger partial charge in [-0.05, 0) is 55.5 Å². The summed E-state index contributed by atoms with van der Waals surface area (Å²) in [6.45, 7) is 2.44. The summed E-state index contributed by atoms with van der Waals surface area (Å²) in [4.78, 5) is 23.0. The second-order valence-electron chi connectivity index (χ2n) is 4.88. The summed E-state index contributed by atoms with van der Waals surface area (Å²) in [7, 11) is 0. The Labute approximate surface area is 148 Å². The first kappa shape index (κ1) is 17.7. The van der Waals surface area contributed by atoms with Crippen LogP contribution in [0, 0.1) is 0 Å². The van der Waals surface area contributed by atoms with E-state index < -0.39 is 5.91 Å². The first-order chi connectivity index (χ1) is 11.5. The number of anilines is 1. The van der Waals surface area contributed by atoms with E-state index in [9.17, 15) is 9.59 Å². The number of nitrogens with one attached hydrogen (secondary N) is 1. The Morgan fingerprint density at radius 2 is 1.92 bits per heavy atom. The fraction of sp³-hybridized carbons (Fsp3) is 0.111. The molecule has 0 atom stereocenters. The van der Waals surface area contributed by atoms with Crippen LogP contribution in [0.5, 0.6) is 5.75 Å². The summed E-state index contributed by atoms with van der Waals surface area (Å²) in [5, 5.41) is 2.71. The molecular formula is C18H17BrN2O3. The van der Waals surface area contributed by atoms with Crippen LogP contribution in [-0.4, -0.2) is 18.4 Å². The van der Waals surface area contributed by atoms with Crippen molar-refractivity contribution < 1.29 is 14.3 Å². The molecule has 0 saturated carbocycles. The fourth-order valence-electron chi connectivity index (χ4n) is 2.00. The van der Waals surface area contributed by atoms with Crippen LogP contribution in [0.15, 0.2) is 53.0 Å². The molecule has 0 spiro atoms. The quantitative estimate of drug-likeness (QED) is 0.741. The Morgan fingerprint density at radius 1 is 1.21 bits per heavy atom. The minimum atomic E-state index is -0.508. The van der Waals surface area contributed by atoms with Crippen molar-refractivity contribution in [3.63, 3.8) is 0 Å². The summed E-state index contributed by atoms with van der Waals surface area (Å²) in [5.41, 5.74) is 6.94. The van der Waals surface area contributed by atoms with Gasteiger partial charge in [0.15, 0.2) is 0 Å². The number of carbonyl (C=O) groups is 2. The van der Waals surface area contributed by atoms with E-state index in [4.69, 9.17) is 10.5 Å². The Balaban J connectivity index is 2.07. The van der Waals surface area contributed by atoms with Crippen LogP contribution in [-0.2, 0) is 4.79 Å². The van der Waals surface area contributed by atoms with Gasteiger partial charge >= 0.3 is 0 Å². The van der Waals surface area contributed by atoms with Crippen LogP contribution in [0.25, 0.3) is 6.08 Å². The molecule has 0 aliphatic carbocycles. The standard InChI is InChI=1S/C18H17BrN2O3/c1-2-24-16-9-6-14(19)11-13(16)5-10-17(22)21-15-7-3-12(4-8-15)18(20)23/h3-11H,2H2,1H3,(H2,20,23)(H,21,22). The highest BCUT2D eigenvalue weighted by Crippen LogP contribution is 2.24. The number of rotatable bonds is 6. The van der Waals surface area contributed by atoms with Crippen LogP contribution in [0.3, 0.4) is 0 Å². The molecule has 6 heteroatoms. The number of halogens is 1. The predicted octanol–water partition coefficient (Wildman–Crippen LogP) is 3.60. The zero-order valence-electron chi connectivity index (χ0n) is 13.1. The maximum absolute atomic E-state index is 12.0. The van der Waals surface area contributed by atoms with Crippen molar-refractivity contribution in [3.05, 3.63) is 64.1 Å². The minimum Gasteiger partial charge on any atom is -0.493 e. The highest BCUT2D eigenvalue weighted by molar-refractivity contribution is 9.10. The Morgan fingerprint density at radius 3 is 2.54 bits per heavy atom. The van der Waals surface area contributed by atoms with Gasteiger partial charge < -0.3 is 15.8 Å². The SMILES string of the molecule is CCOc1ccc(Br)cc1C=CC(=O)Nc1ccc(C(N)=O)cc1. The van der Waals surface area contributed by atoms with Gasteiger partial charge in [0.05, 0.1) is 6.61 Å². The molecule has 24 heavy (non-hydrogen) atoms. The van der Waals surface area contributed by atoms with E-state index in [1.165, 1.54) is 6.08 Å². The number of amides is 2. The van der Waals surface area contributed by atoms with E-state index in [-0.39, 0.29) is 5.91 Å². The highest BCUT2D eigenvalue weighted by Gasteiger charge is 2.04. The molecule has 0 aliphatic heterocycles. The number of nitrogens with two attached hydrogens (primary N) is 1. The normalized spacial score (nSPS) is 10.6. The van der Waals surface area contributed by atoms with E-state index in [0.29, 0.717) is 23.6 Å². The van der Waals surface area contributed by atoms with Crippen molar-refractivity contribution in [1.82, 2.24) is 0 Å². The predicted molar refractivity (Wildman–Crippen MR) is 97.9 cm³/mol. The third-order valence-corrected chi connectivity index (χ3v) is 3.62. The van der Waals surface area contributed by atoms with E-state index in [2.05, 4.69) is 21.2 Å². The van der Waals surface area contributed by atoms with Gasteiger partial charge in [-0.15, -0.1) is 0 Å². The van der Waals surface area contributed by atoms with Crippen molar-refractivity contribution in [3.8, 4) is 5.75 Å². The molecule has 0 unspecified atom stereocenters. The molecule has 2 aromatic carbocycles. The lowest BCUT2D eigenvalue weighted by molar-refractivity contribution is -0.111. The van der Waals surface area contributed by atoms with Crippen molar-refractivity contribution in [2.75, 3.05) is 11.9 Å². The lowest BCUT2D eigenvalue weighted by atomic mass is 10.2. The number of primary amides is 1. The zero-order valence-corrected chi connectivity index (χ0v) is 14.7. The van der Waals surface area contributed by atoms with Gasteiger partial charge in [-0.1, -0.05) is 15.9 Å². The third kappa shape index (κ3) is 4.96. The fourth-order valence-corrected chi connectivity index (χ4v) is 2.38. The summed E-state index contributed by atoms with van der Waals surface area (Å²) in [5.74, 6) is -0.0920. The summed E-state index contributed by atoms with van der Waals surface area (Å²) < 4.78 is 6.43. The number of carbonyl (C=O) groups excluding carboxylic acids is 2. The van der Waals surface area contributed by atoms with Crippen molar-refractivity contribution in [2.24, 2.45) is 5.73 Å². The van der Waals surface area contributed by atoms with E-state index >= 15 is 0 Å². The Hall–Kier alpha value is -2.60. The van der Waals surface area contributed by atoms with E-state index in [1.54, 1.807) is 30.3 Å². The Bertz CT molecular complexity index is 770. The molecule has 5 nitrogen and oxygen atoms in total. The summed E-state index contributed by atoms with van der Waals surface area (Å²) >= 11 is 3.40. The average molecular weight is 389 g/mol. The molecule has 2 amide bonds. The van der Waals surface area contributed by atoms with Crippen LogP contribution in [0.4, 0.5) is 5.69 Å². The smallest absolute Gasteiger partial charge is 0.248 e. The first-order valence-electron chi connectivity index (χ1n) is 7.31. The van der Waals surface area contributed by atoms with Gasteiger partial charge in [0, 0.05) is 27.4 Å². The summed E-state index contributed by atoms with van der Waals surface area (Å²) in [6.07, 6.45) is 3.11. The molecule has 0 fully saturated rings. The number of benzene rings is 2. The molecule has 2 aromatic rings. The number of hydrogen-bond donors (Lipinski definition) is 2. The van der Waals surface area contributed by atoms with Gasteiger partial charge in [0.1, 0.15) is 5.75 Å². The highest BCUT2D eigenvalue weighted by atomic mass is 79.9. The van der Waals surface area contributed by atoms with Gasteiger partial charge in [-0.2, -0.15) is 0 Å². The molecule has 0 heterocycles. The molecule has 0 bridgehead atoms. The zero-order chi connectivity index (χ0) is 17.5. The minimum absolute atomic E-state index is 0.288. The second kappa shape index (κ2) is 8.31. The molecule has 3 N–H and O–H groups in total. The third-order valence-electron chi connectivity index (χ3n) is 3.12. The topological polar surface area (TPSA) is 81.4 Å². The van der Waals surface area contributed by atoms with Gasteiger partial charge in [0.2, 0.25) is 11.8 Å². The van der Waals surface area contributed by atoms with Crippen molar-refractivity contribution in [2.45, 2.75) is 6.92 Å². The molecule has 124 valence electrons. The first-order valence-corrected chi connectivity index (χ1v) is 8.10. The van der Waals surface area contributed by atoms with Gasteiger partial charge in [-0.25, -0.2) is 0 Å². The lowest BCUT2D eigenvalue weighted by Crippen LogP contribution is -2.11. The average Bonchev–Trinajstić information content (AvgIpc) is 2.55. The van der Waals surface area contributed by atoms with E-state index in [0.717, 1.165) is 10.0 Å². The maximum atomic E-state index is 12.0. The van der Waals surface area contributed by atoms with Gasteiger partial charge in [-0.3, -0.25) is 9.59 Å².